The highest BCUT2D eigenvalue weighted by Crippen LogP contribution is 2.44. The SMILES string of the molecule is CC[C@H](CC(=O)O)NC(=O)c1cccc(F)c1NC(=O)OCC1c2ccccc2-c2ccccc21. The number of hydrogen-bond acceptors (Lipinski definition) is 4. The number of benzene rings is 3. The van der Waals surface area contributed by atoms with Crippen LogP contribution in [0.5, 0.6) is 0 Å². The Morgan fingerprint density at radius 3 is 2.20 bits per heavy atom. The van der Waals surface area contributed by atoms with Crippen molar-refractivity contribution in [2.24, 2.45) is 0 Å². The number of hydrogen-bond donors (Lipinski definition) is 3. The molecule has 3 aromatic rings. The minimum Gasteiger partial charge on any atom is -0.481 e. The van der Waals surface area contributed by atoms with E-state index in [1.165, 1.54) is 12.1 Å². The van der Waals surface area contributed by atoms with Crippen LogP contribution in [0.3, 0.4) is 0 Å². The largest absolute Gasteiger partial charge is 0.481 e. The van der Waals surface area contributed by atoms with Crippen molar-refractivity contribution in [1.82, 2.24) is 5.32 Å². The molecule has 0 saturated heterocycles. The number of para-hydroxylation sites is 1. The number of nitrogens with one attached hydrogen (secondary N) is 2. The summed E-state index contributed by atoms with van der Waals surface area (Å²) in [6.45, 7) is 1.77. The van der Waals surface area contributed by atoms with Crippen LogP contribution in [0.4, 0.5) is 14.9 Å². The third kappa shape index (κ3) is 5.16. The summed E-state index contributed by atoms with van der Waals surface area (Å²) < 4.78 is 20.1. The van der Waals surface area contributed by atoms with Crippen molar-refractivity contribution in [3.63, 3.8) is 0 Å². The number of amides is 2. The minimum atomic E-state index is -1.06. The van der Waals surface area contributed by atoms with Gasteiger partial charge >= 0.3 is 12.1 Å². The van der Waals surface area contributed by atoms with Gasteiger partial charge in [-0.25, -0.2) is 9.18 Å². The van der Waals surface area contributed by atoms with Gasteiger partial charge < -0.3 is 15.2 Å². The van der Waals surface area contributed by atoms with Crippen LogP contribution in [0, 0.1) is 5.82 Å². The number of carboxylic acid groups (broad SMARTS) is 1. The Bertz CT molecular complexity index is 1230. The average Bonchev–Trinajstić information content (AvgIpc) is 3.17. The van der Waals surface area contributed by atoms with Crippen LogP contribution in [-0.2, 0) is 9.53 Å². The summed E-state index contributed by atoms with van der Waals surface area (Å²) in [6.07, 6.45) is -0.793. The second-order valence-corrected chi connectivity index (χ2v) is 8.29. The zero-order valence-corrected chi connectivity index (χ0v) is 19.1. The van der Waals surface area contributed by atoms with Gasteiger partial charge in [-0.05, 0) is 40.8 Å². The van der Waals surface area contributed by atoms with Crippen molar-refractivity contribution in [2.45, 2.75) is 31.7 Å². The number of aliphatic carboxylic acids is 1. The van der Waals surface area contributed by atoms with Crippen molar-refractivity contribution in [1.29, 1.82) is 0 Å². The van der Waals surface area contributed by atoms with E-state index in [-0.39, 0.29) is 30.2 Å². The van der Waals surface area contributed by atoms with Crippen LogP contribution < -0.4 is 10.6 Å². The molecule has 3 aromatic carbocycles. The molecule has 35 heavy (non-hydrogen) atoms. The summed E-state index contributed by atoms with van der Waals surface area (Å²) in [5.41, 5.74) is 3.79. The minimum absolute atomic E-state index is 0.0341. The van der Waals surface area contributed by atoms with Crippen molar-refractivity contribution in [3.8, 4) is 11.1 Å². The van der Waals surface area contributed by atoms with Gasteiger partial charge in [-0.15, -0.1) is 0 Å². The maximum absolute atomic E-state index is 14.6. The van der Waals surface area contributed by atoms with Gasteiger partial charge in [0.2, 0.25) is 0 Å². The first kappa shape index (κ1) is 23.9. The molecule has 180 valence electrons. The van der Waals surface area contributed by atoms with Crippen molar-refractivity contribution < 1.29 is 28.6 Å². The molecule has 2 amide bonds. The van der Waals surface area contributed by atoms with Crippen molar-refractivity contribution in [2.75, 3.05) is 11.9 Å². The van der Waals surface area contributed by atoms with Crippen LogP contribution >= 0.6 is 0 Å². The number of ether oxygens (including phenoxy) is 1. The maximum Gasteiger partial charge on any atom is 0.411 e. The summed E-state index contributed by atoms with van der Waals surface area (Å²) in [4.78, 5) is 36.4. The van der Waals surface area contributed by atoms with Gasteiger partial charge in [-0.2, -0.15) is 0 Å². The second-order valence-electron chi connectivity index (χ2n) is 8.29. The fraction of sp³-hybridized carbons (Fsp3) is 0.222. The lowest BCUT2D eigenvalue weighted by molar-refractivity contribution is -0.137. The van der Waals surface area contributed by atoms with Gasteiger partial charge in [0.05, 0.1) is 17.7 Å². The highest BCUT2D eigenvalue weighted by molar-refractivity contribution is 6.03. The molecule has 0 heterocycles. The molecule has 4 rings (SSSR count). The van der Waals surface area contributed by atoms with E-state index in [0.717, 1.165) is 28.3 Å². The Kier molecular flexibility index (Phi) is 7.10. The van der Waals surface area contributed by atoms with E-state index >= 15 is 0 Å². The third-order valence-electron chi connectivity index (χ3n) is 6.08. The Morgan fingerprint density at radius 1 is 0.971 bits per heavy atom. The summed E-state index contributed by atoms with van der Waals surface area (Å²) in [5, 5.41) is 13.9. The lowest BCUT2D eigenvalue weighted by Crippen LogP contribution is -2.36. The zero-order valence-electron chi connectivity index (χ0n) is 19.1. The van der Waals surface area contributed by atoms with Gasteiger partial charge in [0.15, 0.2) is 0 Å². The first-order valence-electron chi connectivity index (χ1n) is 11.3. The molecule has 0 aliphatic heterocycles. The van der Waals surface area contributed by atoms with E-state index in [0.29, 0.717) is 6.42 Å². The van der Waals surface area contributed by atoms with Gasteiger partial charge in [0, 0.05) is 12.0 Å². The summed E-state index contributed by atoms with van der Waals surface area (Å²) in [5.74, 6) is -2.73. The number of rotatable bonds is 8. The van der Waals surface area contributed by atoms with E-state index in [2.05, 4.69) is 10.6 Å². The van der Waals surface area contributed by atoms with Crippen LogP contribution in [0.15, 0.2) is 66.7 Å². The molecule has 1 atom stereocenters. The first-order valence-corrected chi connectivity index (χ1v) is 11.3. The van der Waals surface area contributed by atoms with E-state index < -0.39 is 29.8 Å². The Hall–Kier alpha value is -4.20. The topological polar surface area (TPSA) is 105 Å². The lowest BCUT2D eigenvalue weighted by Gasteiger charge is -2.18. The average molecular weight is 477 g/mol. The molecule has 3 N–H and O–H groups in total. The Labute approximate surface area is 201 Å². The zero-order chi connectivity index (χ0) is 24.9. The smallest absolute Gasteiger partial charge is 0.411 e. The predicted molar refractivity (Wildman–Crippen MR) is 129 cm³/mol. The normalized spacial score (nSPS) is 12.9. The number of anilines is 1. The number of fused-ring (bicyclic) bond motifs is 3. The molecular weight excluding hydrogens is 451 g/mol. The molecule has 0 saturated carbocycles. The second kappa shape index (κ2) is 10.4. The monoisotopic (exact) mass is 476 g/mol. The van der Waals surface area contributed by atoms with Gasteiger partial charge in [-0.1, -0.05) is 61.5 Å². The predicted octanol–water partition coefficient (Wildman–Crippen LogP) is 5.17. The standard InChI is InChI=1S/C27H25FN2O5/c1-2-16(14-24(31)32)29-26(33)21-12-7-13-23(28)25(21)30-27(34)35-15-22-19-10-5-3-8-17(19)18-9-4-6-11-20(18)22/h3-13,16,22H,2,14-15H2,1H3,(H,29,33)(H,30,34)(H,31,32)/t16-/m1/s1. The van der Waals surface area contributed by atoms with E-state index in [4.69, 9.17) is 9.84 Å². The maximum atomic E-state index is 14.6. The number of carbonyl (C=O) groups excluding carboxylic acids is 2. The van der Waals surface area contributed by atoms with Crippen LogP contribution in [0.1, 0.15) is 47.2 Å². The molecule has 0 unspecified atom stereocenters. The molecule has 8 heteroatoms. The van der Waals surface area contributed by atoms with Crippen LogP contribution in [0.2, 0.25) is 0 Å². The van der Waals surface area contributed by atoms with E-state index in [1.54, 1.807) is 6.92 Å². The molecule has 0 fully saturated rings. The fourth-order valence-electron chi connectivity index (χ4n) is 4.35. The molecule has 0 aromatic heterocycles. The summed E-state index contributed by atoms with van der Waals surface area (Å²) >= 11 is 0. The van der Waals surface area contributed by atoms with E-state index in [9.17, 15) is 18.8 Å². The molecule has 1 aliphatic carbocycles. The van der Waals surface area contributed by atoms with E-state index in [1.807, 2.05) is 48.5 Å². The van der Waals surface area contributed by atoms with Crippen LogP contribution in [0.25, 0.3) is 11.1 Å². The molecule has 0 bridgehead atoms. The fourth-order valence-corrected chi connectivity index (χ4v) is 4.35. The van der Waals surface area contributed by atoms with Gasteiger partial charge in [0.25, 0.3) is 5.91 Å². The van der Waals surface area contributed by atoms with Crippen molar-refractivity contribution in [3.05, 3.63) is 89.2 Å². The van der Waals surface area contributed by atoms with Gasteiger partial charge in [0.1, 0.15) is 12.4 Å². The Balaban J connectivity index is 1.48. The number of carbonyl (C=O) groups is 3. The lowest BCUT2D eigenvalue weighted by atomic mass is 9.98. The summed E-state index contributed by atoms with van der Waals surface area (Å²) in [7, 11) is 0. The number of carboxylic acids is 1. The third-order valence-corrected chi connectivity index (χ3v) is 6.08. The first-order chi connectivity index (χ1) is 16.9. The summed E-state index contributed by atoms with van der Waals surface area (Å²) in [6, 6.07) is 19.0. The molecule has 0 spiro atoms. The quantitative estimate of drug-likeness (QED) is 0.416. The number of halogens is 1. The molecule has 7 nitrogen and oxygen atoms in total. The highest BCUT2D eigenvalue weighted by atomic mass is 19.1. The molecule has 1 aliphatic rings. The molecular formula is C27H25FN2O5. The highest BCUT2D eigenvalue weighted by Gasteiger charge is 2.29. The van der Waals surface area contributed by atoms with Crippen molar-refractivity contribution >= 4 is 23.7 Å². The molecule has 0 radical (unpaired) electrons. The van der Waals surface area contributed by atoms with Gasteiger partial charge in [-0.3, -0.25) is 14.9 Å². The van der Waals surface area contributed by atoms with Crippen LogP contribution in [-0.4, -0.2) is 35.7 Å². The Morgan fingerprint density at radius 2 is 1.60 bits per heavy atom.